The Kier molecular flexibility index (Phi) is 8.78. The zero-order valence-electron chi connectivity index (χ0n) is 16.3. The minimum Gasteiger partial charge on any atom is -0.468 e. The Balaban J connectivity index is 1.88. The summed E-state index contributed by atoms with van der Waals surface area (Å²) in [4.78, 5) is 51.7. The molecule has 0 saturated carbocycles. The standard InChI is InChI=1S/C20H22N4O6/c1-29-17(26)12-22-19(27)18(15-9-5-6-10-21-15)24-16(25)11-23-20(28)30-13-14-7-3-2-4-8-14/h2-10,18H,11-13H2,1H3,(H,22,27)(H,23,28)(H,24,25)/t18-/m0/s1. The van der Waals surface area contributed by atoms with Crippen LogP contribution in [-0.2, 0) is 30.5 Å². The van der Waals surface area contributed by atoms with Crippen molar-refractivity contribution in [2.45, 2.75) is 12.6 Å². The van der Waals surface area contributed by atoms with Crippen LogP contribution in [0.3, 0.4) is 0 Å². The van der Waals surface area contributed by atoms with Gasteiger partial charge in [0.1, 0.15) is 19.7 Å². The molecule has 3 amide bonds. The Morgan fingerprint density at radius 1 is 0.967 bits per heavy atom. The largest absolute Gasteiger partial charge is 0.468 e. The molecule has 158 valence electrons. The number of carbonyl (C=O) groups is 4. The van der Waals surface area contributed by atoms with Gasteiger partial charge in [0.05, 0.1) is 12.8 Å². The zero-order valence-corrected chi connectivity index (χ0v) is 16.3. The lowest BCUT2D eigenvalue weighted by Gasteiger charge is -2.18. The second kappa shape index (κ2) is 11.8. The van der Waals surface area contributed by atoms with Crippen LogP contribution in [-0.4, -0.2) is 49.1 Å². The van der Waals surface area contributed by atoms with Crippen molar-refractivity contribution >= 4 is 23.9 Å². The summed E-state index contributed by atoms with van der Waals surface area (Å²) in [7, 11) is 1.19. The van der Waals surface area contributed by atoms with E-state index in [1.54, 1.807) is 30.3 Å². The van der Waals surface area contributed by atoms with Gasteiger partial charge in [0.25, 0.3) is 0 Å². The maximum atomic E-state index is 12.4. The van der Waals surface area contributed by atoms with Crippen LogP contribution in [0.25, 0.3) is 0 Å². The number of nitrogens with one attached hydrogen (secondary N) is 3. The fraction of sp³-hybridized carbons (Fsp3) is 0.250. The van der Waals surface area contributed by atoms with Crippen LogP contribution in [0.4, 0.5) is 4.79 Å². The van der Waals surface area contributed by atoms with Crippen LogP contribution in [0, 0.1) is 0 Å². The Morgan fingerprint density at radius 2 is 1.70 bits per heavy atom. The molecule has 0 saturated heterocycles. The predicted octanol–water partition coefficient (Wildman–Crippen LogP) is 0.455. The Bertz CT molecular complexity index is 860. The molecular formula is C20H22N4O6. The molecule has 30 heavy (non-hydrogen) atoms. The third kappa shape index (κ3) is 7.58. The van der Waals surface area contributed by atoms with Gasteiger partial charge in [0.15, 0.2) is 6.04 Å². The van der Waals surface area contributed by atoms with E-state index in [1.165, 1.54) is 13.3 Å². The summed E-state index contributed by atoms with van der Waals surface area (Å²) >= 11 is 0. The van der Waals surface area contributed by atoms with Gasteiger partial charge in [0, 0.05) is 6.20 Å². The molecule has 10 nitrogen and oxygen atoms in total. The van der Waals surface area contributed by atoms with E-state index in [0.29, 0.717) is 0 Å². The van der Waals surface area contributed by atoms with E-state index < -0.39 is 36.5 Å². The highest BCUT2D eigenvalue weighted by molar-refractivity contribution is 5.91. The summed E-state index contributed by atoms with van der Waals surface area (Å²) in [6, 6.07) is 12.7. The second-order valence-electron chi connectivity index (χ2n) is 5.96. The highest BCUT2D eigenvalue weighted by Crippen LogP contribution is 2.09. The number of alkyl carbamates (subject to hydrolysis) is 1. The second-order valence-corrected chi connectivity index (χ2v) is 5.96. The van der Waals surface area contributed by atoms with Crippen LogP contribution < -0.4 is 16.0 Å². The van der Waals surface area contributed by atoms with E-state index in [2.05, 4.69) is 25.7 Å². The Morgan fingerprint density at radius 3 is 2.37 bits per heavy atom. The summed E-state index contributed by atoms with van der Waals surface area (Å²) in [6.45, 7) is -0.722. The van der Waals surface area contributed by atoms with Gasteiger partial charge in [-0.3, -0.25) is 19.4 Å². The smallest absolute Gasteiger partial charge is 0.407 e. The SMILES string of the molecule is COC(=O)CNC(=O)[C@@H](NC(=O)CNC(=O)OCc1ccccc1)c1ccccn1. The highest BCUT2D eigenvalue weighted by Gasteiger charge is 2.24. The van der Waals surface area contributed by atoms with E-state index in [9.17, 15) is 19.2 Å². The first-order valence-corrected chi connectivity index (χ1v) is 8.99. The molecule has 1 atom stereocenters. The maximum Gasteiger partial charge on any atom is 0.407 e. The molecule has 0 aliphatic rings. The molecule has 1 heterocycles. The van der Waals surface area contributed by atoms with Crippen LogP contribution in [0.15, 0.2) is 54.7 Å². The van der Waals surface area contributed by atoms with Crippen LogP contribution in [0.5, 0.6) is 0 Å². The number of methoxy groups -OCH3 is 1. The van der Waals surface area contributed by atoms with Gasteiger partial charge in [-0.05, 0) is 17.7 Å². The van der Waals surface area contributed by atoms with Gasteiger partial charge in [-0.15, -0.1) is 0 Å². The van der Waals surface area contributed by atoms with Crippen molar-refractivity contribution in [3.63, 3.8) is 0 Å². The summed E-state index contributed by atoms with van der Waals surface area (Å²) in [5.74, 6) is -1.94. The van der Waals surface area contributed by atoms with E-state index in [4.69, 9.17) is 4.74 Å². The van der Waals surface area contributed by atoms with Crippen molar-refractivity contribution in [3.05, 3.63) is 66.0 Å². The van der Waals surface area contributed by atoms with Gasteiger partial charge in [-0.25, -0.2) is 4.79 Å². The lowest BCUT2D eigenvalue weighted by Crippen LogP contribution is -2.45. The number of carbonyl (C=O) groups excluding carboxylic acids is 4. The number of hydrogen-bond acceptors (Lipinski definition) is 7. The highest BCUT2D eigenvalue weighted by atomic mass is 16.5. The monoisotopic (exact) mass is 414 g/mol. The van der Waals surface area contributed by atoms with Crippen molar-refractivity contribution in [1.82, 2.24) is 20.9 Å². The third-order valence-corrected chi connectivity index (χ3v) is 3.79. The summed E-state index contributed by atoms with van der Waals surface area (Å²) in [5, 5.41) is 7.14. The minimum atomic E-state index is -1.16. The number of benzene rings is 1. The molecule has 2 aromatic rings. The molecule has 0 bridgehead atoms. The van der Waals surface area contributed by atoms with Crippen molar-refractivity contribution in [1.29, 1.82) is 0 Å². The van der Waals surface area contributed by atoms with Crippen LogP contribution in [0.1, 0.15) is 17.3 Å². The van der Waals surface area contributed by atoms with Gasteiger partial charge in [0.2, 0.25) is 11.8 Å². The predicted molar refractivity (Wildman–Crippen MR) is 105 cm³/mol. The molecule has 0 fully saturated rings. The molecular weight excluding hydrogens is 392 g/mol. The van der Waals surface area contributed by atoms with Crippen molar-refractivity contribution in [3.8, 4) is 0 Å². The van der Waals surface area contributed by atoms with Gasteiger partial charge in [-0.1, -0.05) is 36.4 Å². The van der Waals surface area contributed by atoms with Crippen molar-refractivity contribution in [2.24, 2.45) is 0 Å². The fourth-order valence-corrected chi connectivity index (χ4v) is 2.29. The molecule has 3 N–H and O–H groups in total. The number of pyridine rings is 1. The first kappa shape index (κ1) is 22.3. The van der Waals surface area contributed by atoms with Crippen LogP contribution in [0.2, 0.25) is 0 Å². The average molecular weight is 414 g/mol. The summed E-state index contributed by atoms with van der Waals surface area (Å²) in [5.41, 5.74) is 1.06. The van der Waals surface area contributed by atoms with Gasteiger partial charge < -0.3 is 25.4 Å². The zero-order chi connectivity index (χ0) is 21.8. The Labute approximate surface area is 173 Å². The molecule has 1 aromatic heterocycles. The number of esters is 1. The topological polar surface area (TPSA) is 136 Å². The van der Waals surface area contributed by atoms with Gasteiger partial charge in [-0.2, -0.15) is 0 Å². The Hall–Kier alpha value is -3.95. The van der Waals surface area contributed by atoms with E-state index >= 15 is 0 Å². The summed E-state index contributed by atoms with van der Waals surface area (Å²) < 4.78 is 9.49. The van der Waals surface area contributed by atoms with Crippen molar-refractivity contribution in [2.75, 3.05) is 20.2 Å². The number of aromatic nitrogens is 1. The molecule has 1 aromatic carbocycles. The number of rotatable bonds is 9. The molecule has 0 spiro atoms. The molecule has 0 unspecified atom stereocenters. The first-order chi connectivity index (χ1) is 14.5. The molecule has 0 aliphatic carbocycles. The van der Waals surface area contributed by atoms with E-state index in [1.807, 2.05) is 18.2 Å². The number of hydrogen-bond donors (Lipinski definition) is 3. The first-order valence-electron chi connectivity index (χ1n) is 8.99. The molecule has 2 rings (SSSR count). The number of nitrogens with zero attached hydrogens (tertiary/aromatic N) is 1. The third-order valence-electron chi connectivity index (χ3n) is 3.79. The van der Waals surface area contributed by atoms with Crippen LogP contribution >= 0.6 is 0 Å². The quantitative estimate of drug-likeness (QED) is 0.507. The lowest BCUT2D eigenvalue weighted by molar-refractivity contribution is -0.141. The lowest BCUT2D eigenvalue weighted by atomic mass is 10.1. The average Bonchev–Trinajstić information content (AvgIpc) is 2.79. The molecule has 10 heteroatoms. The minimum absolute atomic E-state index is 0.0563. The maximum absolute atomic E-state index is 12.4. The van der Waals surface area contributed by atoms with E-state index in [-0.39, 0.29) is 18.8 Å². The van der Waals surface area contributed by atoms with Crippen molar-refractivity contribution < 1.29 is 28.7 Å². The molecule has 0 radical (unpaired) electrons. The normalized spacial score (nSPS) is 11.0. The summed E-state index contributed by atoms with van der Waals surface area (Å²) in [6.07, 6.45) is 0.680. The number of ether oxygens (including phenoxy) is 2. The molecule has 0 aliphatic heterocycles. The number of amides is 3. The fourth-order valence-electron chi connectivity index (χ4n) is 2.29. The van der Waals surface area contributed by atoms with Gasteiger partial charge >= 0.3 is 12.1 Å². The van der Waals surface area contributed by atoms with E-state index in [0.717, 1.165) is 5.56 Å².